The zero-order chi connectivity index (χ0) is 14.5. The highest BCUT2D eigenvalue weighted by molar-refractivity contribution is 7.92. The summed E-state index contributed by atoms with van der Waals surface area (Å²) in [6.07, 6.45) is 4.54. The smallest absolute Gasteiger partial charge is 0.229 e. The maximum atomic E-state index is 11.1. The van der Waals surface area contributed by atoms with Crippen LogP contribution in [0.15, 0.2) is 18.2 Å². The van der Waals surface area contributed by atoms with Gasteiger partial charge in [-0.25, -0.2) is 8.42 Å². The summed E-state index contributed by atoms with van der Waals surface area (Å²) in [5.41, 5.74) is 1.29. The van der Waals surface area contributed by atoms with Crippen LogP contribution in [0.3, 0.4) is 0 Å². The van der Waals surface area contributed by atoms with Crippen LogP contribution in [0.25, 0.3) is 0 Å². The molecular formula is C13H21ClN2O2S. The van der Waals surface area contributed by atoms with Crippen molar-refractivity contribution in [2.75, 3.05) is 16.3 Å². The van der Waals surface area contributed by atoms with Crippen LogP contribution in [0, 0.1) is 0 Å². The van der Waals surface area contributed by atoms with E-state index in [1.165, 1.54) is 12.8 Å². The van der Waals surface area contributed by atoms with E-state index in [-0.39, 0.29) is 0 Å². The first-order chi connectivity index (χ1) is 8.81. The molecule has 19 heavy (non-hydrogen) atoms. The van der Waals surface area contributed by atoms with Gasteiger partial charge in [0.25, 0.3) is 0 Å². The summed E-state index contributed by atoms with van der Waals surface area (Å²) in [5.74, 6) is 0. The van der Waals surface area contributed by atoms with Crippen LogP contribution < -0.4 is 10.0 Å². The first-order valence-corrected chi connectivity index (χ1v) is 8.62. The Balaban J connectivity index is 2.71. The predicted octanol–water partition coefficient (Wildman–Crippen LogP) is 3.70. The molecule has 1 aromatic carbocycles. The predicted molar refractivity (Wildman–Crippen MR) is 82.5 cm³/mol. The lowest BCUT2D eigenvalue weighted by Crippen LogP contribution is -2.15. The van der Waals surface area contributed by atoms with Crippen LogP contribution in [0.1, 0.15) is 33.1 Å². The molecule has 0 bridgehead atoms. The van der Waals surface area contributed by atoms with Crippen molar-refractivity contribution >= 4 is 33.0 Å². The molecule has 6 heteroatoms. The number of hydrogen-bond donors (Lipinski definition) is 2. The van der Waals surface area contributed by atoms with Gasteiger partial charge in [-0.05, 0) is 31.5 Å². The maximum Gasteiger partial charge on any atom is 0.229 e. The minimum Gasteiger partial charge on any atom is -0.383 e. The van der Waals surface area contributed by atoms with E-state index in [9.17, 15) is 8.42 Å². The zero-order valence-corrected chi connectivity index (χ0v) is 13.1. The van der Waals surface area contributed by atoms with Crippen LogP contribution in [-0.2, 0) is 10.0 Å². The third-order valence-electron chi connectivity index (χ3n) is 2.67. The Hall–Kier alpha value is -0.940. The molecule has 0 saturated heterocycles. The minimum atomic E-state index is -3.30. The Labute approximate surface area is 120 Å². The first-order valence-electron chi connectivity index (χ1n) is 6.35. The molecule has 0 amide bonds. The quantitative estimate of drug-likeness (QED) is 0.807. The van der Waals surface area contributed by atoms with E-state index < -0.39 is 10.0 Å². The normalized spacial score (nSPS) is 13.1. The van der Waals surface area contributed by atoms with E-state index in [1.807, 2.05) is 6.07 Å². The second-order valence-electron chi connectivity index (χ2n) is 4.76. The number of nitrogens with one attached hydrogen (secondary N) is 2. The van der Waals surface area contributed by atoms with E-state index in [2.05, 4.69) is 23.9 Å². The van der Waals surface area contributed by atoms with Crippen LogP contribution in [-0.4, -0.2) is 20.7 Å². The van der Waals surface area contributed by atoms with E-state index >= 15 is 0 Å². The molecule has 0 spiro atoms. The Morgan fingerprint density at radius 3 is 2.58 bits per heavy atom. The number of anilines is 2. The molecule has 1 unspecified atom stereocenters. The van der Waals surface area contributed by atoms with Crippen LogP contribution in [0.5, 0.6) is 0 Å². The summed E-state index contributed by atoms with van der Waals surface area (Å²) >= 11 is 6.06. The Morgan fingerprint density at radius 1 is 1.37 bits per heavy atom. The highest BCUT2D eigenvalue weighted by atomic mass is 35.5. The number of rotatable bonds is 7. The maximum absolute atomic E-state index is 11.1. The fourth-order valence-electron chi connectivity index (χ4n) is 1.75. The van der Waals surface area contributed by atoms with Crippen molar-refractivity contribution < 1.29 is 8.42 Å². The van der Waals surface area contributed by atoms with Gasteiger partial charge in [-0.3, -0.25) is 4.72 Å². The fraction of sp³-hybridized carbons (Fsp3) is 0.538. The summed E-state index contributed by atoms with van der Waals surface area (Å²) < 4.78 is 24.7. The molecule has 4 nitrogen and oxygen atoms in total. The van der Waals surface area contributed by atoms with Gasteiger partial charge >= 0.3 is 0 Å². The van der Waals surface area contributed by atoms with Gasteiger partial charge in [-0.15, -0.1) is 0 Å². The van der Waals surface area contributed by atoms with E-state index in [1.54, 1.807) is 12.1 Å². The van der Waals surface area contributed by atoms with Gasteiger partial charge in [0.2, 0.25) is 10.0 Å². The van der Waals surface area contributed by atoms with Gasteiger partial charge in [0, 0.05) is 11.7 Å². The molecule has 0 aromatic heterocycles. The standard InChI is InChI=1S/C13H21ClN2O2S/c1-4-5-6-10(2)15-11-7-8-13(12(14)9-11)16-19(3,17)18/h7-10,15-16H,4-6H2,1-3H3. The van der Waals surface area contributed by atoms with Gasteiger partial charge in [-0.2, -0.15) is 0 Å². The molecule has 1 aromatic rings. The molecule has 0 fully saturated rings. The monoisotopic (exact) mass is 304 g/mol. The van der Waals surface area contributed by atoms with Crippen molar-refractivity contribution in [3.05, 3.63) is 23.2 Å². The summed E-state index contributed by atoms with van der Waals surface area (Å²) in [6.45, 7) is 4.28. The van der Waals surface area contributed by atoms with Crippen LogP contribution in [0.4, 0.5) is 11.4 Å². The second kappa shape index (κ2) is 7.01. The highest BCUT2D eigenvalue weighted by Crippen LogP contribution is 2.26. The molecule has 0 aliphatic rings. The molecule has 0 saturated carbocycles. The second-order valence-corrected chi connectivity index (χ2v) is 6.91. The van der Waals surface area contributed by atoms with Crippen molar-refractivity contribution in [3.63, 3.8) is 0 Å². The highest BCUT2D eigenvalue weighted by Gasteiger charge is 2.08. The molecular weight excluding hydrogens is 284 g/mol. The number of hydrogen-bond acceptors (Lipinski definition) is 3. The van der Waals surface area contributed by atoms with Crippen LogP contribution in [0.2, 0.25) is 5.02 Å². The minimum absolute atomic E-state index is 0.365. The average Bonchev–Trinajstić information content (AvgIpc) is 2.28. The summed E-state index contributed by atoms with van der Waals surface area (Å²) in [7, 11) is -3.30. The summed E-state index contributed by atoms with van der Waals surface area (Å²) in [5, 5.41) is 3.73. The average molecular weight is 305 g/mol. The van der Waals surface area contributed by atoms with E-state index in [0.29, 0.717) is 16.8 Å². The van der Waals surface area contributed by atoms with Crippen molar-refractivity contribution in [3.8, 4) is 0 Å². The van der Waals surface area contributed by atoms with Crippen molar-refractivity contribution in [2.24, 2.45) is 0 Å². The fourth-order valence-corrected chi connectivity index (χ4v) is 2.62. The molecule has 2 N–H and O–H groups in total. The SMILES string of the molecule is CCCCC(C)Nc1ccc(NS(C)(=O)=O)c(Cl)c1. The lowest BCUT2D eigenvalue weighted by atomic mass is 10.1. The molecule has 0 aliphatic carbocycles. The van der Waals surface area contributed by atoms with Crippen molar-refractivity contribution in [1.29, 1.82) is 0 Å². The van der Waals surface area contributed by atoms with E-state index in [4.69, 9.17) is 11.6 Å². The number of benzene rings is 1. The van der Waals surface area contributed by atoms with Crippen molar-refractivity contribution in [2.45, 2.75) is 39.2 Å². The molecule has 0 heterocycles. The molecule has 0 radical (unpaired) electrons. The van der Waals surface area contributed by atoms with Gasteiger partial charge < -0.3 is 5.32 Å². The third-order valence-corrected chi connectivity index (χ3v) is 3.57. The molecule has 1 rings (SSSR count). The largest absolute Gasteiger partial charge is 0.383 e. The lowest BCUT2D eigenvalue weighted by Gasteiger charge is -2.16. The molecule has 1 atom stereocenters. The number of halogens is 1. The van der Waals surface area contributed by atoms with Gasteiger partial charge in [0.15, 0.2) is 0 Å². The summed E-state index contributed by atoms with van der Waals surface area (Å²) in [6, 6.07) is 5.59. The van der Waals surface area contributed by atoms with Crippen LogP contribution >= 0.6 is 11.6 Å². The number of sulfonamides is 1. The van der Waals surface area contributed by atoms with Gasteiger partial charge in [-0.1, -0.05) is 31.4 Å². The first kappa shape index (κ1) is 16.1. The lowest BCUT2D eigenvalue weighted by molar-refractivity contribution is 0.607. The van der Waals surface area contributed by atoms with Gasteiger partial charge in [0.05, 0.1) is 17.0 Å². The third kappa shape index (κ3) is 6.16. The Morgan fingerprint density at radius 2 is 2.05 bits per heavy atom. The summed E-state index contributed by atoms with van der Waals surface area (Å²) in [4.78, 5) is 0. The Kier molecular flexibility index (Phi) is 5.94. The number of unbranched alkanes of at least 4 members (excludes halogenated alkanes) is 1. The topological polar surface area (TPSA) is 58.2 Å². The van der Waals surface area contributed by atoms with Crippen molar-refractivity contribution in [1.82, 2.24) is 0 Å². The van der Waals surface area contributed by atoms with Gasteiger partial charge in [0.1, 0.15) is 0 Å². The van der Waals surface area contributed by atoms with E-state index in [0.717, 1.165) is 18.4 Å². The molecule has 0 aliphatic heterocycles. The Bertz CT molecular complexity index is 517. The molecule has 108 valence electrons. The zero-order valence-electron chi connectivity index (χ0n) is 11.5.